The quantitative estimate of drug-likeness (QED) is 0.154. The van der Waals surface area contributed by atoms with Crippen LogP contribution in [0.1, 0.15) is 122 Å². The van der Waals surface area contributed by atoms with Crippen molar-refractivity contribution in [2.24, 2.45) is 0 Å². The molecule has 74 heavy (non-hydrogen) atoms. The molecule has 0 N–H and O–H groups in total. The normalized spacial score (nSPS) is 17.7. The Bertz CT molecular complexity index is 3790. The Morgan fingerprint density at radius 2 is 0.635 bits per heavy atom. The van der Waals surface area contributed by atoms with Gasteiger partial charge in [-0.25, -0.2) is 0 Å². The summed E-state index contributed by atoms with van der Waals surface area (Å²) in [5, 5.41) is 0. The van der Waals surface area contributed by atoms with Crippen molar-refractivity contribution in [2.75, 3.05) is 4.90 Å². The van der Waals surface area contributed by atoms with Crippen molar-refractivity contribution in [3.8, 4) is 33.4 Å². The van der Waals surface area contributed by atoms with Gasteiger partial charge in [0.25, 0.3) is 0 Å². The van der Waals surface area contributed by atoms with E-state index in [9.17, 15) is 0 Å². The van der Waals surface area contributed by atoms with Crippen molar-refractivity contribution >= 4 is 17.1 Å². The summed E-state index contributed by atoms with van der Waals surface area (Å²) in [5.74, 6) is 0. The molecule has 10 aromatic carbocycles. The summed E-state index contributed by atoms with van der Waals surface area (Å²) < 4.78 is 0. The summed E-state index contributed by atoms with van der Waals surface area (Å²) in [5.41, 5.74) is 25.5. The van der Waals surface area contributed by atoms with E-state index >= 15 is 0 Å². The number of hydrogen-bond donors (Lipinski definition) is 0. The van der Waals surface area contributed by atoms with Crippen molar-refractivity contribution in [3.05, 3.63) is 303 Å². The molecule has 0 fully saturated rings. The average Bonchev–Trinajstić information content (AvgIpc) is 4.00. The minimum Gasteiger partial charge on any atom is -0.310 e. The van der Waals surface area contributed by atoms with Crippen LogP contribution in [0.25, 0.3) is 33.4 Å². The molecule has 3 aliphatic rings. The second-order valence-corrected chi connectivity index (χ2v) is 23.6. The van der Waals surface area contributed by atoms with Gasteiger partial charge in [0.05, 0.1) is 5.41 Å². The highest BCUT2D eigenvalue weighted by Gasteiger charge is 2.48. The summed E-state index contributed by atoms with van der Waals surface area (Å²) in [6, 6.07) is 90.4. The van der Waals surface area contributed by atoms with Crippen LogP contribution >= 0.6 is 0 Å². The standard InChI is InChI=1S/C73H63N/c1-69(2,3)50-27-21-29-52(43-50)73(53-30-22-28-51(44-53)70(4,5)6)66-36-20-17-32-58(66)61-41-38-56(47-68(61)73)74(54-39-42-65-62(45-54)59-33-16-19-35-64(59)71(65,7)48-23-11-9-12-24-48)55-37-40-60-57-31-15-18-34-63(57)72(8,67(60)46-55)49-25-13-10-14-26-49/h9-47H,1-8H3. The molecule has 3 aliphatic carbocycles. The van der Waals surface area contributed by atoms with Crippen LogP contribution in [0, 0.1) is 0 Å². The fourth-order valence-electron chi connectivity index (χ4n) is 13.5. The van der Waals surface area contributed by atoms with Gasteiger partial charge in [0.15, 0.2) is 0 Å². The van der Waals surface area contributed by atoms with E-state index in [0.717, 1.165) is 17.1 Å². The first kappa shape index (κ1) is 45.8. The zero-order valence-electron chi connectivity index (χ0n) is 44.0. The summed E-state index contributed by atoms with van der Waals surface area (Å²) in [7, 11) is 0. The fraction of sp³-hybridized carbons (Fsp3) is 0.178. The third-order valence-corrected chi connectivity index (χ3v) is 17.4. The molecule has 2 atom stereocenters. The number of rotatable bonds is 7. The molecule has 13 rings (SSSR count). The monoisotopic (exact) mass is 953 g/mol. The first-order chi connectivity index (χ1) is 35.7. The van der Waals surface area contributed by atoms with Crippen molar-refractivity contribution in [3.63, 3.8) is 0 Å². The van der Waals surface area contributed by atoms with Gasteiger partial charge < -0.3 is 4.90 Å². The number of benzene rings is 10. The van der Waals surface area contributed by atoms with E-state index in [1.165, 1.54) is 100 Å². The van der Waals surface area contributed by atoms with Crippen LogP contribution in [-0.4, -0.2) is 0 Å². The van der Waals surface area contributed by atoms with E-state index in [0.29, 0.717) is 0 Å². The van der Waals surface area contributed by atoms with Crippen LogP contribution in [0.4, 0.5) is 17.1 Å². The molecule has 0 spiro atoms. The Morgan fingerprint density at radius 1 is 0.270 bits per heavy atom. The van der Waals surface area contributed by atoms with Crippen LogP contribution < -0.4 is 4.90 Å². The van der Waals surface area contributed by atoms with Gasteiger partial charge in [-0.1, -0.05) is 242 Å². The van der Waals surface area contributed by atoms with Crippen LogP contribution in [0.5, 0.6) is 0 Å². The molecule has 1 nitrogen and oxygen atoms in total. The van der Waals surface area contributed by atoms with Gasteiger partial charge in [-0.3, -0.25) is 0 Å². The Hall–Kier alpha value is -8.00. The van der Waals surface area contributed by atoms with Crippen LogP contribution in [-0.2, 0) is 27.1 Å². The molecule has 0 amide bonds. The summed E-state index contributed by atoms with van der Waals surface area (Å²) in [6.45, 7) is 18.8. The molecular formula is C73H63N. The van der Waals surface area contributed by atoms with Crippen LogP contribution in [0.15, 0.2) is 237 Å². The second kappa shape index (κ2) is 16.5. The number of nitrogens with zero attached hydrogens (tertiary/aromatic N) is 1. The van der Waals surface area contributed by atoms with Gasteiger partial charge in [0, 0.05) is 27.9 Å². The molecule has 10 aromatic rings. The highest BCUT2D eigenvalue weighted by atomic mass is 15.1. The summed E-state index contributed by atoms with van der Waals surface area (Å²) in [6.07, 6.45) is 0. The first-order valence-corrected chi connectivity index (χ1v) is 26.6. The SMILES string of the molecule is CC(C)(C)c1cccc(C2(c3cccc(C(C)(C)C)c3)c3ccccc3-c3ccc(N(c4ccc5c(c4)-c4ccccc4C5(C)c4ccccc4)c4ccc5c(c4)C(C)(c4ccccc4)c4ccccc4-5)cc32)c1. The fourth-order valence-corrected chi connectivity index (χ4v) is 13.5. The maximum absolute atomic E-state index is 2.56. The Morgan fingerprint density at radius 3 is 1.16 bits per heavy atom. The van der Waals surface area contributed by atoms with E-state index in [1.54, 1.807) is 0 Å². The largest absolute Gasteiger partial charge is 0.310 e. The van der Waals surface area contributed by atoms with Gasteiger partial charge >= 0.3 is 0 Å². The molecule has 2 unspecified atom stereocenters. The minimum absolute atomic E-state index is 0.0473. The zero-order valence-corrected chi connectivity index (χ0v) is 44.0. The lowest BCUT2D eigenvalue weighted by Gasteiger charge is -2.37. The van der Waals surface area contributed by atoms with E-state index in [1.807, 2.05) is 0 Å². The minimum atomic E-state index is -0.615. The lowest BCUT2D eigenvalue weighted by Crippen LogP contribution is -2.30. The van der Waals surface area contributed by atoms with Gasteiger partial charge in [-0.2, -0.15) is 0 Å². The number of hydrogen-bond acceptors (Lipinski definition) is 1. The average molecular weight is 954 g/mol. The van der Waals surface area contributed by atoms with Gasteiger partial charge in [-0.05, 0) is 161 Å². The van der Waals surface area contributed by atoms with Crippen molar-refractivity contribution in [1.29, 1.82) is 0 Å². The van der Waals surface area contributed by atoms with Gasteiger partial charge in [0.1, 0.15) is 0 Å². The number of fused-ring (bicyclic) bond motifs is 9. The molecule has 0 saturated carbocycles. The molecule has 360 valence electrons. The lowest BCUT2D eigenvalue weighted by molar-refractivity contribution is 0.585. The lowest BCUT2D eigenvalue weighted by atomic mass is 9.66. The van der Waals surface area contributed by atoms with E-state index in [2.05, 4.69) is 297 Å². The van der Waals surface area contributed by atoms with E-state index in [4.69, 9.17) is 0 Å². The Balaban J connectivity index is 1.10. The third kappa shape index (κ3) is 6.61. The number of anilines is 3. The highest BCUT2D eigenvalue weighted by Crippen LogP contribution is 2.60. The van der Waals surface area contributed by atoms with E-state index in [-0.39, 0.29) is 21.7 Å². The Kier molecular flexibility index (Phi) is 10.2. The molecule has 0 bridgehead atoms. The summed E-state index contributed by atoms with van der Waals surface area (Å²) in [4.78, 5) is 2.56. The predicted octanol–water partition coefficient (Wildman–Crippen LogP) is 18.8. The molecule has 0 aliphatic heterocycles. The summed E-state index contributed by atoms with van der Waals surface area (Å²) >= 11 is 0. The second-order valence-electron chi connectivity index (χ2n) is 23.6. The first-order valence-electron chi connectivity index (χ1n) is 26.6. The maximum Gasteiger partial charge on any atom is 0.0714 e. The predicted molar refractivity (Wildman–Crippen MR) is 311 cm³/mol. The van der Waals surface area contributed by atoms with Gasteiger partial charge in [0.2, 0.25) is 0 Å². The van der Waals surface area contributed by atoms with Gasteiger partial charge in [-0.15, -0.1) is 0 Å². The van der Waals surface area contributed by atoms with Crippen molar-refractivity contribution in [2.45, 2.75) is 82.5 Å². The molecule has 0 saturated heterocycles. The molecule has 0 radical (unpaired) electrons. The maximum atomic E-state index is 2.56. The zero-order chi connectivity index (χ0) is 50.8. The van der Waals surface area contributed by atoms with Crippen molar-refractivity contribution < 1.29 is 0 Å². The molecule has 0 heterocycles. The highest BCUT2D eigenvalue weighted by molar-refractivity contribution is 5.93. The molecular weight excluding hydrogens is 891 g/mol. The molecule has 1 heteroatoms. The van der Waals surface area contributed by atoms with Crippen LogP contribution in [0.2, 0.25) is 0 Å². The topological polar surface area (TPSA) is 3.24 Å². The van der Waals surface area contributed by atoms with Crippen LogP contribution in [0.3, 0.4) is 0 Å². The third-order valence-electron chi connectivity index (χ3n) is 17.4. The van der Waals surface area contributed by atoms with E-state index < -0.39 is 5.41 Å². The van der Waals surface area contributed by atoms with Crippen molar-refractivity contribution in [1.82, 2.24) is 0 Å². The smallest absolute Gasteiger partial charge is 0.0714 e. The molecule has 0 aromatic heterocycles. The Labute approximate surface area is 438 Å².